The summed E-state index contributed by atoms with van der Waals surface area (Å²) in [5.74, 6) is -0.541. The van der Waals surface area contributed by atoms with Crippen molar-refractivity contribution in [3.8, 4) is 0 Å². The fourth-order valence-corrected chi connectivity index (χ4v) is 2.22. The number of aromatic nitrogens is 1. The Kier molecular flexibility index (Phi) is 5.46. The number of hydrogen-bond donors (Lipinski definition) is 0. The fraction of sp³-hybridized carbons (Fsp3) is 0. The second kappa shape index (κ2) is 8.36. The highest BCUT2D eigenvalue weighted by Crippen LogP contribution is 2.10. The average molecular weight is 328 g/mol. The van der Waals surface area contributed by atoms with Crippen LogP contribution in [0.3, 0.4) is 0 Å². The first-order valence-corrected chi connectivity index (χ1v) is 7.81. The summed E-state index contributed by atoms with van der Waals surface area (Å²) in [6.07, 6.45) is 6.40. The summed E-state index contributed by atoms with van der Waals surface area (Å²) in [7, 11) is 0. The van der Waals surface area contributed by atoms with Gasteiger partial charge in [-0.3, -0.25) is 4.98 Å². The van der Waals surface area contributed by atoms with Crippen LogP contribution in [-0.4, -0.2) is 16.7 Å². The summed E-state index contributed by atoms with van der Waals surface area (Å²) >= 11 is 0. The zero-order chi connectivity index (χ0) is 17.3. The molecule has 0 aliphatic rings. The molecule has 122 valence electrons. The number of carbonyl (C=O) groups is 1. The Balaban J connectivity index is 1.79. The van der Waals surface area contributed by atoms with Gasteiger partial charge in [0.05, 0.1) is 0 Å². The summed E-state index contributed by atoms with van der Waals surface area (Å²) in [6, 6.07) is 22.7. The van der Waals surface area contributed by atoms with Crippen molar-refractivity contribution in [1.29, 1.82) is 0 Å². The molecule has 4 heteroatoms. The predicted octanol–water partition coefficient (Wildman–Crippen LogP) is 4.09. The molecule has 4 nitrogen and oxygen atoms in total. The number of nitrogens with zero attached hydrogens (tertiary/aromatic N) is 2. The van der Waals surface area contributed by atoms with Gasteiger partial charge in [-0.1, -0.05) is 65.8 Å². The molecular weight excluding hydrogens is 312 g/mol. The topological polar surface area (TPSA) is 51.5 Å². The molecule has 0 bridgehead atoms. The summed E-state index contributed by atoms with van der Waals surface area (Å²) in [6.45, 7) is 0. The predicted molar refractivity (Wildman–Crippen MR) is 97.9 cm³/mol. The maximum atomic E-state index is 12.0. The second-order valence-corrected chi connectivity index (χ2v) is 5.20. The van der Waals surface area contributed by atoms with E-state index in [1.807, 2.05) is 72.8 Å². The van der Waals surface area contributed by atoms with Crippen LogP contribution in [0.15, 0.2) is 96.4 Å². The summed E-state index contributed by atoms with van der Waals surface area (Å²) in [5.41, 5.74) is 3.08. The van der Waals surface area contributed by atoms with Gasteiger partial charge in [-0.05, 0) is 23.8 Å². The molecule has 0 saturated carbocycles. The van der Waals surface area contributed by atoms with Crippen molar-refractivity contribution < 1.29 is 9.63 Å². The van der Waals surface area contributed by atoms with Gasteiger partial charge >= 0.3 is 5.97 Å². The molecule has 0 aliphatic heterocycles. The molecule has 3 rings (SSSR count). The van der Waals surface area contributed by atoms with Gasteiger partial charge in [0.25, 0.3) is 0 Å². The van der Waals surface area contributed by atoms with Gasteiger partial charge in [-0.25, -0.2) is 4.79 Å². The first-order valence-electron chi connectivity index (χ1n) is 7.81. The van der Waals surface area contributed by atoms with Crippen LogP contribution in [0, 0.1) is 0 Å². The second-order valence-electron chi connectivity index (χ2n) is 5.20. The van der Waals surface area contributed by atoms with Gasteiger partial charge in [-0.2, -0.15) is 0 Å². The number of rotatable bonds is 5. The molecular formula is C21H16N2O2. The molecule has 1 heterocycles. The third-order valence-corrected chi connectivity index (χ3v) is 3.42. The molecule has 2 aromatic carbocycles. The van der Waals surface area contributed by atoms with Gasteiger partial charge in [0.2, 0.25) is 0 Å². The molecule has 0 atom stereocenters. The van der Waals surface area contributed by atoms with Crippen LogP contribution in [0.4, 0.5) is 0 Å². The van der Waals surface area contributed by atoms with E-state index in [9.17, 15) is 4.79 Å². The molecule has 0 N–H and O–H groups in total. The van der Waals surface area contributed by atoms with Gasteiger partial charge in [0.15, 0.2) is 0 Å². The number of oxime groups is 1. The summed E-state index contributed by atoms with van der Waals surface area (Å²) < 4.78 is 0. The minimum absolute atomic E-state index is 0.541. The van der Waals surface area contributed by atoms with Crippen LogP contribution in [0.25, 0.3) is 6.08 Å². The Morgan fingerprint density at radius 1 is 0.880 bits per heavy atom. The minimum atomic E-state index is -0.541. The number of hydrogen-bond acceptors (Lipinski definition) is 4. The largest absolute Gasteiger partial charge is 0.358 e. The maximum absolute atomic E-state index is 12.0. The van der Waals surface area contributed by atoms with Crippen LogP contribution in [-0.2, 0) is 9.63 Å². The van der Waals surface area contributed by atoms with E-state index in [0.717, 1.165) is 16.7 Å². The van der Waals surface area contributed by atoms with Crippen molar-refractivity contribution in [2.45, 2.75) is 0 Å². The van der Waals surface area contributed by atoms with Gasteiger partial charge in [-0.15, -0.1) is 0 Å². The van der Waals surface area contributed by atoms with E-state index in [4.69, 9.17) is 4.84 Å². The highest BCUT2D eigenvalue weighted by molar-refractivity contribution is 6.12. The number of carbonyl (C=O) groups excluding carboxylic acids is 1. The van der Waals surface area contributed by atoms with Gasteiger partial charge in [0, 0.05) is 29.6 Å². The van der Waals surface area contributed by atoms with Crippen molar-refractivity contribution in [2.24, 2.45) is 5.16 Å². The van der Waals surface area contributed by atoms with E-state index >= 15 is 0 Å². The zero-order valence-corrected chi connectivity index (χ0v) is 13.4. The maximum Gasteiger partial charge on any atom is 0.358 e. The van der Waals surface area contributed by atoms with E-state index in [-0.39, 0.29) is 0 Å². The first-order chi connectivity index (χ1) is 12.3. The lowest BCUT2D eigenvalue weighted by Gasteiger charge is -2.05. The highest BCUT2D eigenvalue weighted by Gasteiger charge is 2.08. The van der Waals surface area contributed by atoms with E-state index in [0.29, 0.717) is 5.71 Å². The van der Waals surface area contributed by atoms with E-state index in [1.54, 1.807) is 18.5 Å². The van der Waals surface area contributed by atoms with Crippen LogP contribution >= 0.6 is 0 Å². The normalized spacial score (nSPS) is 11.4. The Morgan fingerprint density at radius 3 is 2.24 bits per heavy atom. The standard InChI is InChI=1S/C21H16N2O2/c24-20(14-13-17-8-3-1-4-9-17)25-23-21(18-10-5-2-6-11-18)19-12-7-15-22-16-19/h1-16H/b14-13+,23-21+. The summed E-state index contributed by atoms with van der Waals surface area (Å²) in [4.78, 5) is 21.1. The molecule has 0 saturated heterocycles. The van der Waals surface area contributed by atoms with Crippen molar-refractivity contribution in [2.75, 3.05) is 0 Å². The summed E-state index contributed by atoms with van der Waals surface area (Å²) in [5, 5.41) is 4.05. The highest BCUT2D eigenvalue weighted by atomic mass is 16.7. The van der Waals surface area contributed by atoms with E-state index in [2.05, 4.69) is 10.1 Å². The lowest BCUT2D eigenvalue weighted by atomic mass is 10.0. The monoisotopic (exact) mass is 328 g/mol. The van der Waals surface area contributed by atoms with E-state index < -0.39 is 5.97 Å². The fourth-order valence-electron chi connectivity index (χ4n) is 2.22. The van der Waals surface area contributed by atoms with Crippen LogP contribution in [0.5, 0.6) is 0 Å². The van der Waals surface area contributed by atoms with Crippen LogP contribution < -0.4 is 0 Å². The van der Waals surface area contributed by atoms with Crippen LogP contribution in [0.2, 0.25) is 0 Å². The Bertz CT molecular complexity index is 832. The third-order valence-electron chi connectivity index (χ3n) is 3.42. The molecule has 0 radical (unpaired) electrons. The Morgan fingerprint density at radius 2 is 1.56 bits per heavy atom. The first kappa shape index (κ1) is 16.3. The molecule has 0 spiro atoms. The quantitative estimate of drug-likeness (QED) is 0.307. The smallest absolute Gasteiger partial charge is 0.313 e. The molecule has 0 aliphatic carbocycles. The van der Waals surface area contributed by atoms with Crippen molar-refractivity contribution in [1.82, 2.24) is 4.98 Å². The average Bonchev–Trinajstić information content (AvgIpc) is 2.69. The molecule has 0 fully saturated rings. The van der Waals surface area contributed by atoms with Crippen molar-refractivity contribution in [3.05, 3.63) is 108 Å². The number of benzene rings is 2. The van der Waals surface area contributed by atoms with Crippen LogP contribution in [0.1, 0.15) is 16.7 Å². The Hall–Kier alpha value is -3.53. The van der Waals surface area contributed by atoms with E-state index in [1.165, 1.54) is 6.08 Å². The number of pyridine rings is 1. The molecule has 1 aromatic heterocycles. The molecule has 25 heavy (non-hydrogen) atoms. The van der Waals surface area contributed by atoms with Gasteiger partial charge < -0.3 is 4.84 Å². The lowest BCUT2D eigenvalue weighted by Crippen LogP contribution is -2.06. The van der Waals surface area contributed by atoms with Crippen molar-refractivity contribution >= 4 is 17.8 Å². The molecule has 3 aromatic rings. The lowest BCUT2D eigenvalue weighted by molar-refractivity contribution is -0.137. The van der Waals surface area contributed by atoms with Gasteiger partial charge in [0.1, 0.15) is 5.71 Å². The molecule has 0 unspecified atom stereocenters. The SMILES string of the molecule is O=C(/C=C/c1ccccc1)O/N=C(\c1ccccc1)c1cccnc1. The zero-order valence-electron chi connectivity index (χ0n) is 13.4. The minimum Gasteiger partial charge on any atom is -0.313 e. The Labute approximate surface area is 146 Å². The molecule has 0 amide bonds. The third kappa shape index (κ3) is 4.72. The van der Waals surface area contributed by atoms with Crippen molar-refractivity contribution in [3.63, 3.8) is 0 Å².